The number of nitrogens with two attached hydrogens (primary N) is 1. The minimum Gasteiger partial charge on any atom is -0.384 e. The van der Waals surface area contributed by atoms with Crippen LogP contribution in [0.5, 0.6) is 0 Å². The summed E-state index contributed by atoms with van der Waals surface area (Å²) in [7, 11) is 1.57. The zero-order chi connectivity index (χ0) is 23.9. The number of likely N-dealkylation sites (tertiary alicyclic amines) is 1. The lowest BCUT2D eigenvalue weighted by Crippen LogP contribution is -2.37. The minimum absolute atomic E-state index is 0.00999. The monoisotopic (exact) mass is 450 g/mol. The fourth-order valence-electron chi connectivity index (χ4n) is 4.75. The van der Waals surface area contributed by atoms with Gasteiger partial charge in [-0.2, -0.15) is 0 Å². The van der Waals surface area contributed by atoms with E-state index in [0.717, 1.165) is 5.57 Å². The number of hydrogen-bond acceptors (Lipinski definition) is 5. The summed E-state index contributed by atoms with van der Waals surface area (Å²) in [5, 5.41) is 21.4. The summed E-state index contributed by atoms with van der Waals surface area (Å²) in [4.78, 5) is 30.2. The lowest BCUT2D eigenvalue weighted by atomic mass is 9.86. The van der Waals surface area contributed by atoms with Crippen LogP contribution in [-0.2, 0) is 10.4 Å². The fourth-order valence-corrected chi connectivity index (χ4v) is 4.75. The molecule has 2 bridgehead atoms. The number of carbonyl (C=O) groups excluding carboxylic acids is 2. The fraction of sp³-hybridized carbons (Fsp3) is 0.375. The van der Waals surface area contributed by atoms with Crippen molar-refractivity contribution in [1.82, 2.24) is 14.5 Å². The van der Waals surface area contributed by atoms with Crippen molar-refractivity contribution >= 4 is 17.4 Å². The number of hydrogen-bond donors (Lipinski definition) is 3. The first kappa shape index (κ1) is 21.4. The van der Waals surface area contributed by atoms with E-state index in [2.05, 4.69) is 16.8 Å². The summed E-state index contributed by atoms with van der Waals surface area (Å²) in [5.74, 6) is 3.66. The van der Waals surface area contributed by atoms with Crippen LogP contribution in [0.3, 0.4) is 0 Å². The predicted molar refractivity (Wildman–Crippen MR) is 117 cm³/mol. The number of aromatic nitrogens is 2. The smallest absolute Gasteiger partial charge is 0.269 e. The molecule has 1 aliphatic carbocycles. The van der Waals surface area contributed by atoms with E-state index < -0.39 is 28.8 Å². The molecule has 1 aromatic heterocycles. The molecule has 2 atom stereocenters. The standard InChI is InChI=1S/C24H23FN4O4/c1-23(2,32)19-18(20(26)30)27-21-16-10-12(4-5-24(33)6-7-28(3)22(24)31)17(25)11-15(16)13-8-14(9-13)29(19)21/h8,10-11,14,32-33H,6-7,9H2,1-3H3,(H2,26,30)/t14?,24-/m0/s1. The Labute approximate surface area is 189 Å². The zero-order valence-corrected chi connectivity index (χ0v) is 18.4. The zero-order valence-electron chi connectivity index (χ0n) is 18.4. The number of benzene rings is 1. The predicted octanol–water partition coefficient (Wildman–Crippen LogP) is 1.30. The molecule has 8 nitrogen and oxygen atoms in total. The molecule has 0 radical (unpaired) electrons. The Hall–Kier alpha value is -3.48. The number of rotatable bonds is 2. The highest BCUT2D eigenvalue weighted by Crippen LogP contribution is 2.49. The van der Waals surface area contributed by atoms with Gasteiger partial charge in [-0.15, -0.1) is 0 Å². The van der Waals surface area contributed by atoms with E-state index in [0.29, 0.717) is 35.6 Å². The van der Waals surface area contributed by atoms with Gasteiger partial charge in [-0.05, 0) is 43.5 Å². The number of amides is 2. The quantitative estimate of drug-likeness (QED) is 0.596. The summed E-state index contributed by atoms with van der Waals surface area (Å²) < 4.78 is 16.8. The second-order valence-electron chi connectivity index (χ2n) is 9.35. The molecule has 4 N–H and O–H groups in total. The van der Waals surface area contributed by atoms with Crippen molar-refractivity contribution in [3.8, 4) is 23.2 Å². The second-order valence-corrected chi connectivity index (χ2v) is 9.35. The van der Waals surface area contributed by atoms with Crippen molar-refractivity contribution in [2.24, 2.45) is 5.73 Å². The van der Waals surface area contributed by atoms with Crippen LogP contribution in [0.2, 0.25) is 0 Å². The van der Waals surface area contributed by atoms with Crippen LogP contribution in [-0.4, -0.2) is 55.7 Å². The van der Waals surface area contributed by atoms with Crippen LogP contribution in [0.25, 0.3) is 17.0 Å². The first-order valence-corrected chi connectivity index (χ1v) is 10.6. The molecule has 0 spiro atoms. The number of carbonyl (C=O) groups is 2. The lowest BCUT2D eigenvalue weighted by Gasteiger charge is -2.30. The molecular formula is C24H23FN4O4. The van der Waals surface area contributed by atoms with Gasteiger partial charge >= 0.3 is 0 Å². The van der Waals surface area contributed by atoms with Crippen molar-refractivity contribution in [1.29, 1.82) is 0 Å². The maximum Gasteiger partial charge on any atom is 0.269 e. The number of nitrogens with zero attached hydrogens (tertiary/aromatic N) is 3. The Balaban J connectivity index is 1.70. The van der Waals surface area contributed by atoms with Gasteiger partial charge < -0.3 is 25.4 Å². The van der Waals surface area contributed by atoms with Crippen LogP contribution in [0, 0.1) is 17.7 Å². The highest BCUT2D eigenvalue weighted by Gasteiger charge is 2.43. The highest BCUT2D eigenvalue weighted by atomic mass is 19.1. The molecule has 170 valence electrons. The maximum absolute atomic E-state index is 15.0. The van der Waals surface area contributed by atoms with Gasteiger partial charge in [0.25, 0.3) is 11.8 Å². The van der Waals surface area contributed by atoms with Gasteiger partial charge in [0.05, 0.1) is 17.3 Å². The van der Waals surface area contributed by atoms with Crippen LogP contribution in [0.1, 0.15) is 60.0 Å². The topological polar surface area (TPSA) is 122 Å². The number of aliphatic hydroxyl groups is 2. The van der Waals surface area contributed by atoms with Gasteiger partial charge in [0.2, 0.25) is 5.60 Å². The second kappa shape index (κ2) is 6.76. The average molecular weight is 450 g/mol. The van der Waals surface area contributed by atoms with Gasteiger partial charge in [-0.1, -0.05) is 17.9 Å². The molecular weight excluding hydrogens is 427 g/mol. The largest absolute Gasteiger partial charge is 0.384 e. The Bertz CT molecular complexity index is 1340. The van der Waals surface area contributed by atoms with Crippen molar-refractivity contribution < 1.29 is 24.2 Å². The molecule has 4 heterocycles. The van der Waals surface area contributed by atoms with Crippen molar-refractivity contribution in [2.45, 2.75) is 43.9 Å². The first-order chi connectivity index (χ1) is 15.4. The molecule has 0 saturated carbocycles. The lowest BCUT2D eigenvalue weighted by molar-refractivity contribution is -0.137. The normalized spacial score (nSPS) is 23.1. The Morgan fingerprint density at radius 1 is 1.36 bits per heavy atom. The molecule has 1 saturated heterocycles. The van der Waals surface area contributed by atoms with Gasteiger partial charge in [0, 0.05) is 25.6 Å². The molecule has 1 fully saturated rings. The van der Waals surface area contributed by atoms with E-state index in [1.165, 1.54) is 17.0 Å². The summed E-state index contributed by atoms with van der Waals surface area (Å²) in [6.45, 7) is 3.46. The Morgan fingerprint density at radius 3 is 2.64 bits per heavy atom. The first-order valence-electron chi connectivity index (χ1n) is 10.6. The van der Waals surface area contributed by atoms with E-state index in [1.807, 2.05) is 6.08 Å². The molecule has 4 aliphatic rings. The molecule has 1 unspecified atom stereocenters. The van der Waals surface area contributed by atoms with E-state index >= 15 is 4.39 Å². The molecule has 6 rings (SSSR count). The number of primary amides is 1. The van der Waals surface area contributed by atoms with Crippen LogP contribution < -0.4 is 5.73 Å². The Morgan fingerprint density at radius 2 is 2.06 bits per heavy atom. The van der Waals surface area contributed by atoms with Crippen LogP contribution in [0.4, 0.5) is 4.39 Å². The molecule has 2 aromatic rings. The third kappa shape index (κ3) is 3.09. The highest BCUT2D eigenvalue weighted by molar-refractivity contribution is 5.95. The van der Waals surface area contributed by atoms with Crippen molar-refractivity contribution in [3.05, 3.63) is 46.5 Å². The third-order valence-electron chi connectivity index (χ3n) is 6.49. The van der Waals surface area contributed by atoms with E-state index in [1.54, 1.807) is 25.5 Å². The van der Waals surface area contributed by atoms with Gasteiger partial charge in [-0.25, -0.2) is 9.37 Å². The van der Waals surface area contributed by atoms with E-state index in [9.17, 15) is 19.8 Å². The van der Waals surface area contributed by atoms with Crippen molar-refractivity contribution in [2.75, 3.05) is 13.6 Å². The SMILES string of the molecule is CN1CC[C@@](O)(C#Cc2cc3c(cc2F)C2=CC(C2)n2c-3nc(C(N)=O)c2C(C)(C)O)C1=O. The van der Waals surface area contributed by atoms with E-state index in [4.69, 9.17) is 5.73 Å². The summed E-state index contributed by atoms with van der Waals surface area (Å²) >= 11 is 0. The summed E-state index contributed by atoms with van der Waals surface area (Å²) in [6.07, 6.45) is 2.66. The van der Waals surface area contributed by atoms with Gasteiger partial charge in [0.15, 0.2) is 5.69 Å². The van der Waals surface area contributed by atoms with Gasteiger partial charge in [0.1, 0.15) is 17.2 Å². The summed E-state index contributed by atoms with van der Waals surface area (Å²) in [6, 6.07) is 2.70. The van der Waals surface area contributed by atoms with E-state index in [-0.39, 0.29) is 23.7 Å². The summed E-state index contributed by atoms with van der Waals surface area (Å²) in [5.41, 5.74) is 4.62. The third-order valence-corrected chi connectivity index (χ3v) is 6.49. The average Bonchev–Trinajstić information content (AvgIpc) is 3.13. The molecule has 1 aromatic carbocycles. The van der Waals surface area contributed by atoms with Crippen LogP contribution >= 0.6 is 0 Å². The Kier molecular flexibility index (Phi) is 4.38. The van der Waals surface area contributed by atoms with Gasteiger partial charge in [-0.3, -0.25) is 9.59 Å². The number of imidazole rings is 1. The number of halogens is 1. The molecule has 3 aliphatic heterocycles. The maximum atomic E-state index is 15.0. The molecule has 33 heavy (non-hydrogen) atoms. The number of likely N-dealkylation sites (N-methyl/N-ethyl adjacent to an activating group) is 1. The molecule has 9 heteroatoms. The number of allylic oxidation sites excluding steroid dienone is 2. The van der Waals surface area contributed by atoms with Crippen LogP contribution in [0.15, 0.2) is 18.2 Å². The molecule has 2 amide bonds. The minimum atomic E-state index is -1.86. The van der Waals surface area contributed by atoms with Crippen molar-refractivity contribution in [3.63, 3.8) is 0 Å².